The molecule has 0 saturated heterocycles. The molecule has 0 radical (unpaired) electrons. The van der Waals surface area contributed by atoms with Crippen LogP contribution in [0.25, 0.3) is 0 Å². The van der Waals surface area contributed by atoms with E-state index in [1.54, 1.807) is 11.6 Å². The fourth-order valence-corrected chi connectivity index (χ4v) is 1.62. The Balaban J connectivity index is 3.01. The van der Waals surface area contributed by atoms with Crippen LogP contribution >= 0.6 is 0 Å². The maximum Gasteiger partial charge on any atom is 0.355 e. The fourth-order valence-electron chi connectivity index (χ4n) is 0.999. The van der Waals surface area contributed by atoms with E-state index in [-0.39, 0.29) is 5.69 Å². The van der Waals surface area contributed by atoms with Gasteiger partial charge >= 0.3 is 5.76 Å². The number of alkyl halides is 2. The zero-order valence-corrected chi connectivity index (χ0v) is 8.68. The molecule has 0 heterocycles. The molecule has 0 saturated carbocycles. The van der Waals surface area contributed by atoms with Crippen molar-refractivity contribution >= 4 is 21.4 Å². The zero-order valence-electron chi connectivity index (χ0n) is 7.87. The standard InChI is InChI=1S/C8H10F2N2O2S/c1-5-4-6(11)2-3-7(5)12-15(13,14)8(9)10/h2-4,8,12H,11H2,1H3. The Kier molecular flexibility index (Phi) is 3.13. The van der Waals surface area contributed by atoms with E-state index in [1.165, 1.54) is 18.2 Å². The van der Waals surface area contributed by atoms with Gasteiger partial charge in [-0.25, -0.2) is 8.42 Å². The highest BCUT2D eigenvalue weighted by Crippen LogP contribution is 2.20. The highest BCUT2D eigenvalue weighted by Gasteiger charge is 2.24. The number of nitrogen functional groups attached to an aromatic ring is 1. The van der Waals surface area contributed by atoms with E-state index in [1.807, 2.05) is 0 Å². The van der Waals surface area contributed by atoms with Crippen LogP contribution in [0.1, 0.15) is 5.56 Å². The number of hydrogen-bond acceptors (Lipinski definition) is 3. The van der Waals surface area contributed by atoms with E-state index >= 15 is 0 Å². The molecule has 0 fully saturated rings. The number of nitrogens with one attached hydrogen (secondary N) is 1. The summed E-state index contributed by atoms with van der Waals surface area (Å²) in [6.07, 6.45) is 0. The van der Waals surface area contributed by atoms with E-state index in [0.717, 1.165) is 0 Å². The second-order valence-corrected chi connectivity index (χ2v) is 4.63. The minimum absolute atomic E-state index is 0.101. The summed E-state index contributed by atoms with van der Waals surface area (Å²) in [7, 11) is -4.61. The Morgan fingerprint density at radius 3 is 2.47 bits per heavy atom. The zero-order chi connectivity index (χ0) is 11.6. The Morgan fingerprint density at radius 2 is 2.00 bits per heavy atom. The lowest BCUT2D eigenvalue weighted by molar-refractivity contribution is 0.236. The molecular formula is C8H10F2N2O2S. The maximum atomic E-state index is 12.0. The number of benzene rings is 1. The molecule has 0 spiro atoms. The van der Waals surface area contributed by atoms with Crippen molar-refractivity contribution in [3.63, 3.8) is 0 Å². The minimum atomic E-state index is -4.61. The summed E-state index contributed by atoms with van der Waals surface area (Å²) in [5.41, 5.74) is 6.45. The molecule has 0 aliphatic rings. The monoisotopic (exact) mass is 236 g/mol. The van der Waals surface area contributed by atoms with E-state index in [2.05, 4.69) is 0 Å². The lowest BCUT2D eigenvalue weighted by Gasteiger charge is -2.09. The molecule has 1 rings (SSSR count). The topological polar surface area (TPSA) is 72.2 Å². The molecule has 0 aromatic heterocycles. The molecule has 0 aliphatic heterocycles. The van der Waals surface area contributed by atoms with Crippen LogP contribution in [-0.4, -0.2) is 14.2 Å². The van der Waals surface area contributed by atoms with Crippen LogP contribution in [0.15, 0.2) is 18.2 Å². The number of anilines is 2. The smallest absolute Gasteiger partial charge is 0.355 e. The predicted molar refractivity (Wildman–Crippen MR) is 54.1 cm³/mol. The van der Waals surface area contributed by atoms with Crippen molar-refractivity contribution in [1.82, 2.24) is 0 Å². The summed E-state index contributed by atoms with van der Waals surface area (Å²) >= 11 is 0. The van der Waals surface area contributed by atoms with Gasteiger partial charge < -0.3 is 5.73 Å². The van der Waals surface area contributed by atoms with Gasteiger partial charge in [0.15, 0.2) is 0 Å². The third kappa shape index (κ3) is 2.79. The molecule has 3 N–H and O–H groups in total. The summed E-state index contributed by atoms with van der Waals surface area (Å²) in [6.45, 7) is 1.57. The van der Waals surface area contributed by atoms with Crippen LogP contribution in [0.4, 0.5) is 20.2 Å². The van der Waals surface area contributed by atoms with E-state index < -0.39 is 15.8 Å². The average Bonchev–Trinajstić information content (AvgIpc) is 2.09. The minimum Gasteiger partial charge on any atom is -0.399 e. The number of hydrogen-bond donors (Lipinski definition) is 2. The largest absolute Gasteiger partial charge is 0.399 e. The molecule has 7 heteroatoms. The number of nitrogens with two attached hydrogens (primary N) is 1. The second kappa shape index (κ2) is 4.01. The van der Waals surface area contributed by atoms with Crippen molar-refractivity contribution in [2.45, 2.75) is 12.7 Å². The number of sulfonamides is 1. The van der Waals surface area contributed by atoms with Gasteiger partial charge in [0.05, 0.1) is 5.69 Å². The summed E-state index contributed by atoms with van der Waals surface area (Å²) in [5, 5.41) is 0. The molecule has 0 amide bonds. The van der Waals surface area contributed by atoms with E-state index in [4.69, 9.17) is 5.73 Å². The molecule has 4 nitrogen and oxygen atoms in total. The SMILES string of the molecule is Cc1cc(N)ccc1NS(=O)(=O)C(F)F. The van der Waals surface area contributed by atoms with E-state index in [9.17, 15) is 17.2 Å². The van der Waals surface area contributed by atoms with Gasteiger partial charge in [0, 0.05) is 5.69 Å². The molecule has 1 aromatic carbocycles. The molecule has 1 aromatic rings. The Morgan fingerprint density at radius 1 is 1.40 bits per heavy atom. The lowest BCUT2D eigenvalue weighted by atomic mass is 10.2. The Bertz CT molecular complexity index is 460. The molecular weight excluding hydrogens is 226 g/mol. The second-order valence-electron chi connectivity index (χ2n) is 2.98. The lowest BCUT2D eigenvalue weighted by Crippen LogP contribution is -2.21. The first-order valence-electron chi connectivity index (χ1n) is 3.99. The third-order valence-corrected chi connectivity index (χ3v) is 2.71. The molecule has 84 valence electrons. The van der Waals surface area contributed by atoms with Gasteiger partial charge in [-0.15, -0.1) is 0 Å². The third-order valence-electron chi connectivity index (χ3n) is 1.74. The summed E-state index contributed by atoms with van der Waals surface area (Å²) in [6, 6.07) is 4.25. The van der Waals surface area contributed by atoms with Gasteiger partial charge in [0.1, 0.15) is 0 Å². The first kappa shape index (κ1) is 11.7. The van der Waals surface area contributed by atoms with Crippen molar-refractivity contribution in [2.24, 2.45) is 0 Å². The van der Waals surface area contributed by atoms with Gasteiger partial charge in [-0.05, 0) is 30.7 Å². The molecule has 0 bridgehead atoms. The van der Waals surface area contributed by atoms with Gasteiger partial charge in [-0.2, -0.15) is 8.78 Å². The van der Waals surface area contributed by atoms with Crippen molar-refractivity contribution in [2.75, 3.05) is 10.5 Å². The van der Waals surface area contributed by atoms with Gasteiger partial charge in [-0.3, -0.25) is 4.72 Å². The van der Waals surface area contributed by atoms with Crippen LogP contribution in [-0.2, 0) is 10.0 Å². The fraction of sp³-hybridized carbons (Fsp3) is 0.250. The Labute approximate surface area is 86.1 Å². The quantitative estimate of drug-likeness (QED) is 0.782. The van der Waals surface area contributed by atoms with Crippen molar-refractivity contribution in [3.05, 3.63) is 23.8 Å². The summed E-state index contributed by atoms with van der Waals surface area (Å²) in [5.74, 6) is -3.45. The van der Waals surface area contributed by atoms with Gasteiger partial charge in [-0.1, -0.05) is 0 Å². The molecule has 0 aliphatic carbocycles. The summed E-state index contributed by atoms with van der Waals surface area (Å²) < 4.78 is 47.5. The van der Waals surface area contributed by atoms with Crippen molar-refractivity contribution in [3.8, 4) is 0 Å². The van der Waals surface area contributed by atoms with Gasteiger partial charge in [0.2, 0.25) is 0 Å². The highest BCUT2D eigenvalue weighted by atomic mass is 32.2. The maximum absolute atomic E-state index is 12.0. The molecule has 0 atom stereocenters. The number of rotatable bonds is 3. The van der Waals surface area contributed by atoms with Crippen molar-refractivity contribution in [1.29, 1.82) is 0 Å². The summed E-state index contributed by atoms with van der Waals surface area (Å²) in [4.78, 5) is 0. The normalized spacial score (nSPS) is 11.7. The van der Waals surface area contributed by atoms with E-state index in [0.29, 0.717) is 11.3 Å². The first-order chi connectivity index (χ1) is 6.83. The molecule has 0 unspecified atom stereocenters. The number of halogens is 2. The molecule has 15 heavy (non-hydrogen) atoms. The van der Waals surface area contributed by atoms with Crippen LogP contribution < -0.4 is 10.5 Å². The first-order valence-corrected chi connectivity index (χ1v) is 5.53. The number of aryl methyl sites for hydroxylation is 1. The van der Waals surface area contributed by atoms with Crippen LogP contribution in [0, 0.1) is 6.92 Å². The van der Waals surface area contributed by atoms with Crippen molar-refractivity contribution < 1.29 is 17.2 Å². The predicted octanol–water partition coefficient (Wildman–Crippen LogP) is 1.54. The van der Waals surface area contributed by atoms with Crippen LogP contribution in [0.2, 0.25) is 0 Å². The highest BCUT2D eigenvalue weighted by molar-refractivity contribution is 7.93. The average molecular weight is 236 g/mol. The Hall–Kier alpha value is -1.37. The van der Waals surface area contributed by atoms with Gasteiger partial charge in [0.25, 0.3) is 10.0 Å². The van der Waals surface area contributed by atoms with Crippen LogP contribution in [0.3, 0.4) is 0 Å². The van der Waals surface area contributed by atoms with Crippen LogP contribution in [0.5, 0.6) is 0 Å².